The normalized spacial score (nSPS) is 14.1. The number of nitrogens with two attached hydrogens (primary N) is 1. The van der Waals surface area contributed by atoms with E-state index < -0.39 is 12.2 Å². The Morgan fingerprint density at radius 1 is 1.43 bits per heavy atom. The van der Waals surface area contributed by atoms with Crippen molar-refractivity contribution in [2.24, 2.45) is 5.73 Å². The molecule has 3 N–H and O–H groups in total. The van der Waals surface area contributed by atoms with Crippen LogP contribution in [0.1, 0.15) is 17.3 Å². The molecule has 14 heavy (non-hydrogen) atoms. The Morgan fingerprint density at radius 3 is 2.43 bits per heavy atom. The van der Waals surface area contributed by atoms with E-state index in [-0.39, 0.29) is 12.3 Å². The SMILES string of the molecule is NC(c1ccc(CO)cn1)C(F)(F)F. The van der Waals surface area contributed by atoms with Crippen LogP contribution in [0.25, 0.3) is 0 Å². The number of pyridine rings is 1. The molecule has 78 valence electrons. The summed E-state index contributed by atoms with van der Waals surface area (Å²) >= 11 is 0. The van der Waals surface area contributed by atoms with Crippen molar-refractivity contribution >= 4 is 0 Å². The molecule has 3 nitrogen and oxygen atoms in total. The van der Waals surface area contributed by atoms with Crippen molar-refractivity contribution in [3.63, 3.8) is 0 Å². The fourth-order valence-corrected chi connectivity index (χ4v) is 0.881. The maximum Gasteiger partial charge on any atom is 0.409 e. The van der Waals surface area contributed by atoms with E-state index in [4.69, 9.17) is 10.8 Å². The van der Waals surface area contributed by atoms with Crippen molar-refractivity contribution in [1.82, 2.24) is 4.98 Å². The molecule has 0 saturated heterocycles. The summed E-state index contributed by atoms with van der Waals surface area (Å²) in [5, 5.41) is 8.63. The third-order valence-electron chi connectivity index (χ3n) is 1.70. The topological polar surface area (TPSA) is 59.1 Å². The Bertz CT molecular complexity index is 296. The summed E-state index contributed by atoms with van der Waals surface area (Å²) in [6.07, 6.45) is -3.32. The van der Waals surface area contributed by atoms with Gasteiger partial charge in [-0.15, -0.1) is 0 Å². The minimum absolute atomic E-state index is 0.255. The van der Waals surface area contributed by atoms with Gasteiger partial charge in [-0.1, -0.05) is 6.07 Å². The summed E-state index contributed by atoms with van der Waals surface area (Å²) in [6, 6.07) is 0.438. The second-order valence-corrected chi connectivity index (χ2v) is 2.77. The molecular weight excluding hydrogens is 197 g/mol. The van der Waals surface area contributed by atoms with Crippen molar-refractivity contribution in [2.75, 3.05) is 0 Å². The number of aliphatic hydroxyl groups is 1. The van der Waals surface area contributed by atoms with Gasteiger partial charge in [0.1, 0.15) is 6.04 Å². The second kappa shape index (κ2) is 3.93. The molecular formula is C8H9F3N2O. The van der Waals surface area contributed by atoms with E-state index in [0.29, 0.717) is 5.56 Å². The lowest BCUT2D eigenvalue weighted by Crippen LogP contribution is -2.29. The summed E-state index contributed by atoms with van der Waals surface area (Å²) in [5.74, 6) is 0. The van der Waals surface area contributed by atoms with Gasteiger partial charge in [0.25, 0.3) is 0 Å². The van der Waals surface area contributed by atoms with Gasteiger partial charge in [-0.25, -0.2) is 0 Å². The molecule has 0 bridgehead atoms. The van der Waals surface area contributed by atoms with Crippen molar-refractivity contribution in [2.45, 2.75) is 18.8 Å². The maximum absolute atomic E-state index is 12.1. The van der Waals surface area contributed by atoms with Crippen molar-refractivity contribution in [3.05, 3.63) is 29.6 Å². The number of rotatable bonds is 2. The molecule has 1 unspecified atom stereocenters. The van der Waals surface area contributed by atoms with Gasteiger partial charge in [0.05, 0.1) is 12.3 Å². The van der Waals surface area contributed by atoms with Gasteiger partial charge in [0.2, 0.25) is 0 Å². The third kappa shape index (κ3) is 2.43. The lowest BCUT2D eigenvalue weighted by atomic mass is 10.1. The summed E-state index contributed by atoms with van der Waals surface area (Å²) in [6.45, 7) is -0.255. The summed E-state index contributed by atoms with van der Waals surface area (Å²) in [4.78, 5) is 3.51. The molecule has 0 radical (unpaired) electrons. The van der Waals surface area contributed by atoms with Crippen LogP contribution in [0.4, 0.5) is 13.2 Å². The van der Waals surface area contributed by atoms with Crippen molar-refractivity contribution in [1.29, 1.82) is 0 Å². The first-order valence-electron chi connectivity index (χ1n) is 3.83. The van der Waals surface area contributed by atoms with Gasteiger partial charge in [-0.2, -0.15) is 13.2 Å². The molecule has 1 heterocycles. The van der Waals surface area contributed by atoms with Crippen LogP contribution >= 0.6 is 0 Å². The molecule has 0 amide bonds. The lowest BCUT2D eigenvalue weighted by Gasteiger charge is -2.14. The molecule has 6 heteroatoms. The standard InChI is InChI=1S/C8H9F3N2O/c9-8(10,11)7(12)6-2-1-5(4-14)3-13-6/h1-3,7,14H,4,12H2. The smallest absolute Gasteiger partial charge is 0.392 e. The molecule has 1 rings (SSSR count). The molecule has 1 aromatic rings. The maximum atomic E-state index is 12.1. The van der Waals surface area contributed by atoms with E-state index in [1.54, 1.807) is 0 Å². The molecule has 0 fully saturated rings. The largest absolute Gasteiger partial charge is 0.409 e. The minimum atomic E-state index is -4.49. The van der Waals surface area contributed by atoms with Crippen LogP contribution < -0.4 is 5.73 Å². The Kier molecular flexibility index (Phi) is 3.07. The average Bonchev–Trinajstić information content (AvgIpc) is 2.15. The third-order valence-corrected chi connectivity index (χ3v) is 1.70. The number of aliphatic hydroxyl groups excluding tert-OH is 1. The minimum Gasteiger partial charge on any atom is -0.392 e. The monoisotopic (exact) mass is 206 g/mol. The average molecular weight is 206 g/mol. The van der Waals surface area contributed by atoms with Gasteiger partial charge in [0.15, 0.2) is 0 Å². The number of halogens is 3. The summed E-state index contributed by atoms with van der Waals surface area (Å²) in [5.41, 5.74) is 5.11. The summed E-state index contributed by atoms with van der Waals surface area (Å²) < 4.78 is 36.3. The number of aromatic nitrogens is 1. The molecule has 0 aliphatic rings. The highest BCUT2D eigenvalue weighted by molar-refractivity contribution is 5.16. The van der Waals surface area contributed by atoms with E-state index in [0.717, 1.165) is 6.07 Å². The lowest BCUT2D eigenvalue weighted by molar-refractivity contribution is -0.150. The second-order valence-electron chi connectivity index (χ2n) is 2.77. The Labute approximate surface area is 78.4 Å². The van der Waals surface area contributed by atoms with Crippen LogP contribution in [0.3, 0.4) is 0 Å². The number of alkyl halides is 3. The molecule has 0 saturated carbocycles. The molecule has 0 aromatic carbocycles. The fourth-order valence-electron chi connectivity index (χ4n) is 0.881. The fraction of sp³-hybridized carbons (Fsp3) is 0.375. The Hall–Kier alpha value is -1.14. The van der Waals surface area contributed by atoms with Gasteiger partial charge < -0.3 is 10.8 Å². The molecule has 0 aliphatic heterocycles. The zero-order valence-corrected chi connectivity index (χ0v) is 7.12. The Balaban J connectivity index is 2.87. The first-order valence-corrected chi connectivity index (χ1v) is 3.83. The van der Waals surface area contributed by atoms with Crippen LogP contribution in [0.5, 0.6) is 0 Å². The zero-order valence-electron chi connectivity index (χ0n) is 7.12. The quantitative estimate of drug-likeness (QED) is 0.762. The first kappa shape index (κ1) is 10.9. The number of hydrogen-bond donors (Lipinski definition) is 2. The molecule has 1 atom stereocenters. The predicted octanol–water partition coefficient (Wildman–Crippen LogP) is 1.14. The zero-order chi connectivity index (χ0) is 10.8. The van der Waals surface area contributed by atoms with Crippen molar-refractivity contribution in [3.8, 4) is 0 Å². The van der Waals surface area contributed by atoms with Crippen LogP contribution in [0.15, 0.2) is 18.3 Å². The van der Waals surface area contributed by atoms with E-state index in [1.807, 2.05) is 0 Å². The first-order chi connectivity index (χ1) is 6.45. The van der Waals surface area contributed by atoms with Crippen molar-refractivity contribution < 1.29 is 18.3 Å². The highest BCUT2D eigenvalue weighted by Crippen LogP contribution is 2.29. The molecule has 1 aromatic heterocycles. The van der Waals surface area contributed by atoms with Gasteiger partial charge in [-0.05, 0) is 11.6 Å². The summed E-state index contributed by atoms with van der Waals surface area (Å²) in [7, 11) is 0. The van der Waals surface area contributed by atoms with Crippen LogP contribution in [0, 0.1) is 0 Å². The van der Waals surface area contributed by atoms with Gasteiger partial charge >= 0.3 is 6.18 Å². The van der Waals surface area contributed by atoms with E-state index in [9.17, 15) is 13.2 Å². The highest BCUT2D eigenvalue weighted by Gasteiger charge is 2.38. The molecule has 0 spiro atoms. The van der Waals surface area contributed by atoms with Gasteiger partial charge in [0, 0.05) is 6.20 Å². The van der Waals surface area contributed by atoms with Crippen LogP contribution in [0.2, 0.25) is 0 Å². The molecule has 0 aliphatic carbocycles. The highest BCUT2D eigenvalue weighted by atomic mass is 19.4. The Morgan fingerprint density at radius 2 is 2.07 bits per heavy atom. The van der Waals surface area contributed by atoms with E-state index >= 15 is 0 Å². The number of nitrogens with zero attached hydrogens (tertiary/aromatic N) is 1. The number of hydrogen-bond acceptors (Lipinski definition) is 3. The van der Waals surface area contributed by atoms with Crippen LogP contribution in [-0.2, 0) is 6.61 Å². The predicted molar refractivity (Wildman–Crippen MR) is 43.1 cm³/mol. The van der Waals surface area contributed by atoms with Gasteiger partial charge in [-0.3, -0.25) is 4.98 Å². The van der Waals surface area contributed by atoms with E-state index in [2.05, 4.69) is 4.98 Å². The van der Waals surface area contributed by atoms with Crippen LogP contribution in [-0.4, -0.2) is 16.3 Å². The van der Waals surface area contributed by atoms with E-state index in [1.165, 1.54) is 12.3 Å².